The summed E-state index contributed by atoms with van der Waals surface area (Å²) < 4.78 is 10.1. The van der Waals surface area contributed by atoms with Crippen LogP contribution >= 0.6 is 46.4 Å². The van der Waals surface area contributed by atoms with Crippen LogP contribution in [0.2, 0.25) is 20.1 Å². The fourth-order valence-electron chi connectivity index (χ4n) is 4.03. The Hall–Kier alpha value is -2.54. The smallest absolute Gasteiger partial charge is 0.265 e. The molecule has 4 rings (SSSR count). The van der Waals surface area contributed by atoms with E-state index in [9.17, 15) is 4.79 Å². The summed E-state index contributed by atoms with van der Waals surface area (Å²) >= 11 is 25.1. The van der Waals surface area contributed by atoms with Gasteiger partial charge < -0.3 is 10.1 Å². The number of rotatable bonds is 11. The predicted molar refractivity (Wildman–Crippen MR) is 153 cm³/mol. The van der Waals surface area contributed by atoms with Crippen LogP contribution in [0.25, 0.3) is 0 Å². The lowest BCUT2D eigenvalue weighted by Crippen LogP contribution is -2.37. The highest BCUT2D eigenvalue weighted by molar-refractivity contribution is 6.35. The van der Waals surface area contributed by atoms with Gasteiger partial charge in [0.1, 0.15) is 25.0 Å². The molecule has 0 aliphatic rings. The van der Waals surface area contributed by atoms with Crippen LogP contribution in [-0.4, -0.2) is 17.0 Å². The van der Waals surface area contributed by atoms with E-state index in [1.807, 2.05) is 65.1 Å². The van der Waals surface area contributed by atoms with E-state index >= 15 is 0 Å². The number of nitrogens with zero attached hydrogens (tertiary/aromatic N) is 2. The molecule has 0 bridgehead atoms. The van der Waals surface area contributed by atoms with Crippen molar-refractivity contribution in [3.8, 4) is 0 Å². The Morgan fingerprint density at radius 1 is 0.974 bits per heavy atom. The van der Waals surface area contributed by atoms with Gasteiger partial charge in [-0.2, -0.15) is 0 Å². The standard InChI is InChI=1S/C29H27Cl4N3O2/c1-20(29(37)34-12-11-21-5-3-2-4-6-21)36-14-13-35(19-36)17-28(25-10-9-24(31)16-27(25)33)38-18-22-7-8-23(30)15-26(22)32/h2-10,13-16,19-20,28H,11-12,17-18H2,1H3/p+1. The largest absolute Gasteiger partial charge is 0.365 e. The third-order valence-corrected chi connectivity index (χ3v) is 7.38. The van der Waals surface area contributed by atoms with Gasteiger partial charge in [-0.1, -0.05) is 88.9 Å². The summed E-state index contributed by atoms with van der Waals surface area (Å²) in [6.45, 7) is 3.17. The van der Waals surface area contributed by atoms with Gasteiger partial charge in [0.25, 0.3) is 5.91 Å². The minimum absolute atomic E-state index is 0.0467. The van der Waals surface area contributed by atoms with Crippen LogP contribution < -0.4 is 9.88 Å². The number of imidazole rings is 1. The van der Waals surface area contributed by atoms with Crippen molar-refractivity contribution in [2.24, 2.45) is 0 Å². The molecule has 2 atom stereocenters. The first-order valence-electron chi connectivity index (χ1n) is 12.2. The average Bonchev–Trinajstić information content (AvgIpc) is 3.36. The van der Waals surface area contributed by atoms with E-state index in [1.54, 1.807) is 24.3 Å². The Labute approximate surface area is 242 Å². The number of aromatic nitrogens is 2. The van der Waals surface area contributed by atoms with Crippen LogP contribution in [0.3, 0.4) is 0 Å². The van der Waals surface area contributed by atoms with Crippen LogP contribution in [0.1, 0.15) is 35.8 Å². The Morgan fingerprint density at radius 2 is 1.68 bits per heavy atom. The second-order valence-corrected chi connectivity index (χ2v) is 10.6. The van der Waals surface area contributed by atoms with Crippen LogP contribution in [0, 0.1) is 0 Å². The molecule has 1 amide bonds. The molecule has 0 saturated heterocycles. The SMILES string of the molecule is CC(C(=O)NCCc1ccccc1)n1cc[n+](CC(OCc2ccc(Cl)cc2Cl)c2ccc(Cl)cc2Cl)c1. The van der Waals surface area contributed by atoms with Crippen molar-refractivity contribution >= 4 is 52.3 Å². The van der Waals surface area contributed by atoms with Gasteiger partial charge in [-0.15, -0.1) is 0 Å². The zero-order valence-electron chi connectivity index (χ0n) is 20.8. The van der Waals surface area contributed by atoms with E-state index in [1.165, 1.54) is 5.56 Å². The number of carbonyl (C=O) groups is 1. The van der Waals surface area contributed by atoms with Gasteiger partial charge in [0.05, 0.1) is 6.61 Å². The molecule has 1 N–H and O–H groups in total. The molecule has 1 heterocycles. The van der Waals surface area contributed by atoms with Gasteiger partial charge in [-0.3, -0.25) is 4.79 Å². The summed E-state index contributed by atoms with van der Waals surface area (Å²) in [7, 11) is 0. The summed E-state index contributed by atoms with van der Waals surface area (Å²) in [6.07, 6.45) is 6.05. The zero-order chi connectivity index (χ0) is 27.1. The number of benzene rings is 3. The summed E-state index contributed by atoms with van der Waals surface area (Å²) in [5, 5.41) is 5.17. The average molecular weight is 592 g/mol. The van der Waals surface area contributed by atoms with Crippen LogP contribution in [-0.2, 0) is 29.1 Å². The van der Waals surface area contributed by atoms with E-state index in [0.717, 1.165) is 17.5 Å². The Bertz CT molecular complexity index is 1380. The molecular weight excluding hydrogens is 564 g/mol. The molecule has 1 aromatic heterocycles. The maximum atomic E-state index is 12.8. The van der Waals surface area contributed by atoms with Gasteiger partial charge >= 0.3 is 0 Å². The van der Waals surface area contributed by atoms with E-state index in [0.29, 0.717) is 33.2 Å². The summed E-state index contributed by atoms with van der Waals surface area (Å²) in [5.74, 6) is -0.0467. The van der Waals surface area contributed by atoms with Gasteiger partial charge in [0, 0.05) is 32.2 Å². The molecule has 0 saturated carbocycles. The second kappa shape index (κ2) is 13.5. The molecule has 38 heavy (non-hydrogen) atoms. The highest BCUT2D eigenvalue weighted by Gasteiger charge is 2.23. The van der Waals surface area contributed by atoms with E-state index in [4.69, 9.17) is 51.1 Å². The summed E-state index contributed by atoms with van der Waals surface area (Å²) in [5.41, 5.74) is 2.80. The van der Waals surface area contributed by atoms with Crippen LogP contribution in [0.5, 0.6) is 0 Å². The molecule has 3 aromatic carbocycles. The van der Waals surface area contributed by atoms with Crippen molar-refractivity contribution in [2.45, 2.75) is 38.6 Å². The van der Waals surface area contributed by atoms with Crippen molar-refractivity contribution in [2.75, 3.05) is 6.54 Å². The Morgan fingerprint density at radius 3 is 2.39 bits per heavy atom. The fourth-order valence-corrected chi connectivity index (χ4v) is 5.02. The molecule has 2 unspecified atom stereocenters. The van der Waals surface area contributed by atoms with E-state index in [-0.39, 0.29) is 18.6 Å². The Balaban J connectivity index is 1.43. The molecule has 4 aromatic rings. The highest BCUT2D eigenvalue weighted by atomic mass is 35.5. The number of halogens is 4. The van der Waals surface area contributed by atoms with E-state index in [2.05, 4.69) is 17.4 Å². The number of hydrogen-bond acceptors (Lipinski definition) is 2. The topological polar surface area (TPSA) is 47.1 Å². The normalized spacial score (nSPS) is 12.8. The minimum Gasteiger partial charge on any atom is -0.365 e. The molecule has 0 aliphatic heterocycles. The lowest BCUT2D eigenvalue weighted by atomic mass is 10.1. The number of amides is 1. The first-order chi connectivity index (χ1) is 18.3. The molecule has 5 nitrogen and oxygen atoms in total. The molecule has 198 valence electrons. The molecule has 9 heteroatoms. The molecule has 0 spiro atoms. The number of hydrogen-bond donors (Lipinski definition) is 1. The quantitative estimate of drug-likeness (QED) is 0.186. The summed E-state index contributed by atoms with van der Waals surface area (Å²) in [4.78, 5) is 12.8. The zero-order valence-corrected chi connectivity index (χ0v) is 23.8. The Kier molecular flexibility index (Phi) is 10.1. The fraction of sp³-hybridized carbons (Fsp3) is 0.241. The first kappa shape index (κ1) is 28.5. The highest BCUT2D eigenvalue weighted by Crippen LogP contribution is 2.31. The van der Waals surface area contributed by atoms with Gasteiger partial charge in [0.15, 0.2) is 6.04 Å². The molecule has 0 radical (unpaired) electrons. The third-order valence-electron chi connectivity index (χ3n) is 6.24. The number of ether oxygens (including phenoxy) is 1. The minimum atomic E-state index is -0.401. The van der Waals surface area contributed by atoms with Crippen molar-refractivity contribution < 1.29 is 14.1 Å². The monoisotopic (exact) mass is 590 g/mol. The predicted octanol–water partition coefficient (Wildman–Crippen LogP) is 7.27. The summed E-state index contributed by atoms with van der Waals surface area (Å²) in [6, 6.07) is 20.3. The van der Waals surface area contributed by atoms with Crippen LogP contribution in [0.15, 0.2) is 85.5 Å². The molecule has 0 fully saturated rings. The first-order valence-corrected chi connectivity index (χ1v) is 13.7. The van der Waals surface area contributed by atoms with Crippen molar-refractivity contribution in [3.05, 3.63) is 122 Å². The lowest BCUT2D eigenvalue weighted by Gasteiger charge is -2.19. The van der Waals surface area contributed by atoms with E-state index < -0.39 is 6.10 Å². The van der Waals surface area contributed by atoms with Crippen molar-refractivity contribution in [3.63, 3.8) is 0 Å². The maximum absolute atomic E-state index is 12.8. The van der Waals surface area contributed by atoms with Crippen molar-refractivity contribution in [1.82, 2.24) is 9.88 Å². The lowest BCUT2D eigenvalue weighted by molar-refractivity contribution is -0.705. The third kappa shape index (κ3) is 7.75. The molecular formula is C29H28Cl4N3O2+. The number of carbonyl (C=O) groups excluding carboxylic acids is 1. The van der Waals surface area contributed by atoms with Gasteiger partial charge in [-0.05, 0) is 48.7 Å². The van der Waals surface area contributed by atoms with Crippen molar-refractivity contribution in [1.29, 1.82) is 0 Å². The number of nitrogens with one attached hydrogen (secondary N) is 1. The molecule has 0 aliphatic carbocycles. The van der Waals surface area contributed by atoms with Crippen LogP contribution in [0.4, 0.5) is 0 Å². The maximum Gasteiger partial charge on any atom is 0.265 e. The van der Waals surface area contributed by atoms with Gasteiger partial charge in [-0.25, -0.2) is 9.13 Å². The second-order valence-electron chi connectivity index (χ2n) is 8.96. The van der Waals surface area contributed by atoms with Gasteiger partial charge in [0.2, 0.25) is 6.33 Å².